The molecule has 0 radical (unpaired) electrons. The summed E-state index contributed by atoms with van der Waals surface area (Å²) in [6, 6.07) is -0.393. The van der Waals surface area contributed by atoms with E-state index in [0.29, 0.717) is 13.0 Å². The Labute approximate surface area is 161 Å². The van der Waals surface area contributed by atoms with Crippen LogP contribution in [0.25, 0.3) is 10.2 Å². The molecule has 2 saturated heterocycles. The van der Waals surface area contributed by atoms with Crippen molar-refractivity contribution in [1.29, 1.82) is 0 Å². The molecule has 2 aromatic rings. The molecule has 1 aliphatic carbocycles. The zero-order valence-electron chi connectivity index (χ0n) is 15.4. The summed E-state index contributed by atoms with van der Waals surface area (Å²) in [6.07, 6.45) is 7.40. The number of piperidine rings is 1. The predicted octanol–water partition coefficient (Wildman–Crippen LogP) is 2.45. The molecular weight excluding hydrogens is 362 g/mol. The van der Waals surface area contributed by atoms with Crippen molar-refractivity contribution in [2.75, 3.05) is 18.0 Å². The van der Waals surface area contributed by atoms with Gasteiger partial charge in [0.1, 0.15) is 22.0 Å². The highest BCUT2D eigenvalue weighted by Gasteiger charge is 2.49. The van der Waals surface area contributed by atoms with E-state index < -0.39 is 11.6 Å². The fraction of sp³-hybridized carbons (Fsp3) is 0.579. The molecule has 1 spiro atoms. The van der Waals surface area contributed by atoms with Gasteiger partial charge < -0.3 is 10.2 Å². The van der Waals surface area contributed by atoms with E-state index in [4.69, 9.17) is 9.97 Å². The first-order chi connectivity index (χ1) is 13.1. The number of carbonyl (C=O) groups is 2. The number of anilines is 1. The third-order valence-corrected chi connectivity index (χ3v) is 7.15. The highest BCUT2D eigenvalue weighted by molar-refractivity contribution is 7.19. The van der Waals surface area contributed by atoms with Crippen LogP contribution < -0.4 is 15.5 Å². The maximum absolute atomic E-state index is 12.4. The fourth-order valence-corrected chi connectivity index (χ4v) is 6.00. The van der Waals surface area contributed by atoms with Crippen LogP contribution in [0, 0.1) is 6.92 Å². The van der Waals surface area contributed by atoms with Gasteiger partial charge in [-0.15, -0.1) is 11.3 Å². The number of aromatic nitrogens is 2. The van der Waals surface area contributed by atoms with E-state index in [1.165, 1.54) is 35.1 Å². The van der Waals surface area contributed by atoms with Crippen molar-refractivity contribution in [1.82, 2.24) is 20.6 Å². The van der Waals surface area contributed by atoms with Crippen LogP contribution >= 0.6 is 11.3 Å². The first kappa shape index (κ1) is 16.9. The number of rotatable bonds is 1. The van der Waals surface area contributed by atoms with Crippen molar-refractivity contribution in [2.45, 2.75) is 57.4 Å². The molecule has 3 amide bonds. The van der Waals surface area contributed by atoms with Crippen LogP contribution in [0.4, 0.5) is 10.6 Å². The zero-order chi connectivity index (χ0) is 18.6. The number of nitrogens with zero attached hydrogens (tertiary/aromatic N) is 3. The van der Waals surface area contributed by atoms with Crippen molar-refractivity contribution in [2.24, 2.45) is 0 Å². The first-order valence-corrected chi connectivity index (χ1v) is 10.5. The Bertz CT molecular complexity index is 955. The molecule has 2 N–H and O–H groups in total. The summed E-state index contributed by atoms with van der Waals surface area (Å²) in [5.41, 5.74) is 0.565. The third-order valence-electron chi connectivity index (χ3n) is 5.96. The van der Waals surface area contributed by atoms with Gasteiger partial charge in [0.25, 0.3) is 5.91 Å². The molecule has 0 aromatic carbocycles. The molecule has 27 heavy (non-hydrogen) atoms. The summed E-state index contributed by atoms with van der Waals surface area (Å²) in [5, 5.41) is 6.44. The van der Waals surface area contributed by atoms with Crippen LogP contribution in [0.5, 0.6) is 0 Å². The van der Waals surface area contributed by atoms with Crippen LogP contribution in [0.15, 0.2) is 0 Å². The van der Waals surface area contributed by atoms with Gasteiger partial charge in [0.15, 0.2) is 0 Å². The Balaban J connectivity index is 1.61. The van der Waals surface area contributed by atoms with E-state index >= 15 is 0 Å². The zero-order valence-corrected chi connectivity index (χ0v) is 16.2. The van der Waals surface area contributed by atoms with Crippen molar-refractivity contribution in [3.63, 3.8) is 0 Å². The minimum absolute atomic E-state index is 0.219. The van der Waals surface area contributed by atoms with Gasteiger partial charge >= 0.3 is 6.03 Å². The molecule has 2 aromatic heterocycles. The lowest BCUT2D eigenvalue weighted by Crippen LogP contribution is -2.58. The number of urea groups is 1. The van der Waals surface area contributed by atoms with E-state index in [1.54, 1.807) is 11.3 Å². The van der Waals surface area contributed by atoms with Gasteiger partial charge in [-0.2, -0.15) is 0 Å². The van der Waals surface area contributed by atoms with Gasteiger partial charge in [0.2, 0.25) is 0 Å². The monoisotopic (exact) mass is 385 g/mol. The molecule has 142 valence electrons. The summed E-state index contributed by atoms with van der Waals surface area (Å²) in [6.45, 7) is 3.22. The van der Waals surface area contributed by atoms with Gasteiger partial charge in [-0.05, 0) is 51.0 Å². The summed E-state index contributed by atoms with van der Waals surface area (Å²) < 4.78 is 0. The number of thiophene rings is 1. The Kier molecular flexibility index (Phi) is 3.86. The molecule has 4 heterocycles. The number of carbonyl (C=O) groups excluding carboxylic acids is 2. The second kappa shape index (κ2) is 6.15. The number of aryl methyl sites for hydroxylation is 3. The average molecular weight is 385 g/mol. The Morgan fingerprint density at radius 2 is 1.96 bits per heavy atom. The van der Waals surface area contributed by atoms with E-state index in [0.717, 1.165) is 42.3 Å². The number of imide groups is 1. The third kappa shape index (κ3) is 2.69. The topological polar surface area (TPSA) is 87.2 Å². The SMILES string of the molecule is Cc1nc(N2CCCC3(C2)NC(=O)NC3=O)c2c3c(sc2n1)CCCCC3. The summed E-state index contributed by atoms with van der Waals surface area (Å²) in [5.74, 6) is 1.47. The normalized spacial score (nSPS) is 25.4. The minimum atomic E-state index is -0.840. The molecular formula is C19H23N5O2S. The maximum atomic E-state index is 12.4. The number of nitrogens with one attached hydrogen (secondary N) is 2. The lowest BCUT2D eigenvalue weighted by molar-refractivity contribution is -0.124. The minimum Gasteiger partial charge on any atom is -0.353 e. The molecule has 2 fully saturated rings. The second-order valence-electron chi connectivity index (χ2n) is 7.85. The van der Waals surface area contributed by atoms with Crippen LogP contribution in [-0.2, 0) is 17.6 Å². The van der Waals surface area contributed by atoms with Crippen LogP contribution in [0.1, 0.15) is 48.4 Å². The van der Waals surface area contributed by atoms with Gasteiger partial charge in [-0.25, -0.2) is 14.8 Å². The summed E-state index contributed by atoms with van der Waals surface area (Å²) >= 11 is 1.80. The number of hydrogen-bond acceptors (Lipinski definition) is 6. The predicted molar refractivity (Wildman–Crippen MR) is 104 cm³/mol. The van der Waals surface area contributed by atoms with Crippen molar-refractivity contribution in [3.8, 4) is 0 Å². The highest BCUT2D eigenvalue weighted by atomic mass is 32.1. The lowest BCUT2D eigenvalue weighted by Gasteiger charge is -2.39. The molecule has 3 aliphatic rings. The Morgan fingerprint density at radius 1 is 1.11 bits per heavy atom. The molecule has 5 rings (SSSR count). The van der Waals surface area contributed by atoms with Gasteiger partial charge in [-0.3, -0.25) is 10.1 Å². The van der Waals surface area contributed by atoms with E-state index in [9.17, 15) is 9.59 Å². The largest absolute Gasteiger partial charge is 0.353 e. The molecule has 0 saturated carbocycles. The molecule has 8 heteroatoms. The number of amides is 3. The average Bonchev–Trinajstić information content (AvgIpc) is 2.99. The quantitative estimate of drug-likeness (QED) is 0.582. The molecule has 1 atom stereocenters. The number of hydrogen-bond donors (Lipinski definition) is 2. The summed E-state index contributed by atoms with van der Waals surface area (Å²) in [4.78, 5) is 38.4. The van der Waals surface area contributed by atoms with Crippen molar-refractivity contribution < 1.29 is 9.59 Å². The van der Waals surface area contributed by atoms with Gasteiger partial charge in [-0.1, -0.05) is 6.42 Å². The smallest absolute Gasteiger partial charge is 0.322 e. The second-order valence-corrected chi connectivity index (χ2v) is 8.94. The highest BCUT2D eigenvalue weighted by Crippen LogP contribution is 2.40. The summed E-state index contributed by atoms with van der Waals surface area (Å²) in [7, 11) is 0. The van der Waals surface area contributed by atoms with Gasteiger partial charge in [0, 0.05) is 11.4 Å². The first-order valence-electron chi connectivity index (χ1n) is 9.73. The molecule has 0 bridgehead atoms. The Morgan fingerprint density at radius 3 is 2.78 bits per heavy atom. The van der Waals surface area contributed by atoms with Gasteiger partial charge in [0.05, 0.1) is 11.9 Å². The maximum Gasteiger partial charge on any atom is 0.322 e. The van der Waals surface area contributed by atoms with Crippen LogP contribution in [0.3, 0.4) is 0 Å². The van der Waals surface area contributed by atoms with Crippen molar-refractivity contribution in [3.05, 3.63) is 16.3 Å². The van der Waals surface area contributed by atoms with Crippen molar-refractivity contribution >= 4 is 39.3 Å². The van der Waals surface area contributed by atoms with Crippen LogP contribution in [0.2, 0.25) is 0 Å². The molecule has 7 nitrogen and oxygen atoms in total. The van der Waals surface area contributed by atoms with E-state index in [2.05, 4.69) is 15.5 Å². The lowest BCUT2D eigenvalue weighted by atomic mass is 9.89. The standard InChI is InChI=1S/C19H23N5O2S/c1-11-20-15(14-12-6-3-2-4-7-13(12)27-16(14)21-11)24-9-5-8-19(10-24)17(25)22-18(26)23-19/h2-10H2,1H3,(H2,22,23,25,26). The Hall–Kier alpha value is -2.22. The molecule has 1 unspecified atom stereocenters. The van der Waals surface area contributed by atoms with Crippen LogP contribution in [-0.4, -0.2) is 40.5 Å². The fourth-order valence-electron chi connectivity index (χ4n) is 4.70. The molecule has 2 aliphatic heterocycles. The van der Waals surface area contributed by atoms with E-state index in [-0.39, 0.29) is 5.91 Å². The van der Waals surface area contributed by atoms with E-state index in [1.807, 2.05) is 6.92 Å². The number of fused-ring (bicyclic) bond motifs is 3.